The summed E-state index contributed by atoms with van der Waals surface area (Å²) >= 11 is 0. The number of carboxylic acid groups (broad SMARTS) is 1. The van der Waals surface area contributed by atoms with Crippen LogP contribution in [0, 0.1) is 5.92 Å². The minimum atomic E-state index is -0.835. The Balaban J connectivity index is 0.00000121. The molecule has 0 aromatic heterocycles. The van der Waals surface area contributed by atoms with Gasteiger partial charge < -0.3 is 10.2 Å². The Kier molecular flexibility index (Phi) is 5.20. The average Bonchev–Trinajstić information content (AvgIpc) is 1.93. The van der Waals surface area contributed by atoms with E-state index < -0.39 is 12.2 Å². The van der Waals surface area contributed by atoms with Crippen molar-refractivity contribution in [2.45, 2.75) is 25.5 Å². The summed E-state index contributed by atoms with van der Waals surface area (Å²) < 4.78 is 0. The van der Waals surface area contributed by atoms with Gasteiger partial charge in [-0.3, -0.25) is 10.1 Å². The van der Waals surface area contributed by atoms with E-state index in [1.54, 1.807) is 0 Å². The number of aliphatic hydroxyl groups is 1. The Morgan fingerprint density at radius 3 is 2.75 bits per heavy atom. The fourth-order valence-corrected chi connectivity index (χ4v) is 1.38. The highest BCUT2D eigenvalue weighted by molar-refractivity contribution is 5.85. The highest BCUT2D eigenvalue weighted by Gasteiger charge is 2.24. The summed E-state index contributed by atoms with van der Waals surface area (Å²) in [6, 6.07) is 0. The number of carbonyl (C=O) groups is 1. The van der Waals surface area contributed by atoms with Crippen LogP contribution in [0.3, 0.4) is 0 Å². The third kappa shape index (κ3) is 3.38. The van der Waals surface area contributed by atoms with Crippen LogP contribution in [0.2, 0.25) is 0 Å². The molecule has 1 aliphatic heterocycles. The molecule has 0 aliphatic carbocycles. The molecule has 2 unspecified atom stereocenters. The topological polar surface area (TPSA) is 69.6 Å². The summed E-state index contributed by atoms with van der Waals surface area (Å²) in [6.45, 7) is 0.789. The van der Waals surface area contributed by atoms with Crippen LogP contribution in [-0.4, -0.2) is 29.0 Å². The van der Waals surface area contributed by atoms with Crippen molar-refractivity contribution in [2.24, 2.45) is 5.92 Å². The molecule has 0 aromatic carbocycles. The molecule has 5 heteroatoms. The van der Waals surface area contributed by atoms with E-state index in [0.717, 1.165) is 19.4 Å². The van der Waals surface area contributed by atoms with Crippen LogP contribution in [0.1, 0.15) is 19.3 Å². The molecule has 1 rings (SSSR count). The van der Waals surface area contributed by atoms with Gasteiger partial charge in [-0.15, -0.1) is 12.4 Å². The standard InChI is InChI=1S/C7H13NO3.ClH/c9-6(10)4-5-2-1-3-8-7(5)11;/h5,7-8,11H,1-4H2,(H,9,10);1H. The summed E-state index contributed by atoms with van der Waals surface area (Å²) in [5.74, 6) is -0.945. The lowest BCUT2D eigenvalue weighted by Gasteiger charge is -2.27. The highest BCUT2D eigenvalue weighted by atomic mass is 35.5. The lowest BCUT2D eigenvalue weighted by molar-refractivity contribution is -0.139. The van der Waals surface area contributed by atoms with Gasteiger partial charge in [0.25, 0.3) is 0 Å². The van der Waals surface area contributed by atoms with Crippen molar-refractivity contribution in [3.63, 3.8) is 0 Å². The van der Waals surface area contributed by atoms with E-state index in [0.29, 0.717) is 0 Å². The smallest absolute Gasteiger partial charge is 0.303 e. The number of nitrogens with one attached hydrogen (secondary N) is 1. The van der Waals surface area contributed by atoms with E-state index in [1.165, 1.54) is 0 Å². The lowest BCUT2D eigenvalue weighted by Crippen LogP contribution is -2.41. The van der Waals surface area contributed by atoms with Gasteiger partial charge in [0.1, 0.15) is 6.23 Å². The van der Waals surface area contributed by atoms with Crippen LogP contribution in [0.5, 0.6) is 0 Å². The van der Waals surface area contributed by atoms with Crippen molar-refractivity contribution in [3.05, 3.63) is 0 Å². The zero-order valence-electron chi connectivity index (χ0n) is 6.69. The molecule has 12 heavy (non-hydrogen) atoms. The van der Waals surface area contributed by atoms with Gasteiger partial charge in [-0.2, -0.15) is 0 Å². The van der Waals surface area contributed by atoms with Gasteiger partial charge in [0.15, 0.2) is 0 Å². The largest absolute Gasteiger partial charge is 0.481 e. The number of hydrogen-bond donors (Lipinski definition) is 3. The van der Waals surface area contributed by atoms with Crippen LogP contribution < -0.4 is 5.32 Å². The van der Waals surface area contributed by atoms with Crippen LogP contribution in [0.4, 0.5) is 0 Å². The van der Waals surface area contributed by atoms with Crippen LogP contribution in [0.15, 0.2) is 0 Å². The van der Waals surface area contributed by atoms with E-state index in [4.69, 9.17) is 5.11 Å². The van der Waals surface area contributed by atoms with Crippen molar-refractivity contribution in [1.29, 1.82) is 0 Å². The molecule has 0 bridgehead atoms. The summed E-state index contributed by atoms with van der Waals surface area (Å²) in [7, 11) is 0. The van der Waals surface area contributed by atoms with E-state index in [9.17, 15) is 9.90 Å². The molecule has 72 valence electrons. The highest BCUT2D eigenvalue weighted by Crippen LogP contribution is 2.17. The second kappa shape index (κ2) is 5.35. The van der Waals surface area contributed by atoms with Crippen LogP contribution in [-0.2, 0) is 4.79 Å². The van der Waals surface area contributed by atoms with E-state index in [2.05, 4.69) is 5.32 Å². The summed E-state index contributed by atoms with van der Waals surface area (Å²) in [6.07, 6.45) is 1.20. The van der Waals surface area contributed by atoms with Crippen molar-refractivity contribution in [2.75, 3.05) is 6.54 Å². The maximum atomic E-state index is 10.3. The molecule has 0 radical (unpaired) electrons. The first-order valence-electron chi connectivity index (χ1n) is 3.83. The lowest BCUT2D eigenvalue weighted by atomic mass is 9.94. The molecule has 2 atom stereocenters. The maximum Gasteiger partial charge on any atom is 0.303 e. The number of hydrogen-bond acceptors (Lipinski definition) is 3. The average molecular weight is 196 g/mol. The summed E-state index contributed by atoms with van der Waals surface area (Å²) in [5, 5.41) is 20.5. The fourth-order valence-electron chi connectivity index (χ4n) is 1.38. The molecular weight excluding hydrogens is 182 g/mol. The van der Waals surface area contributed by atoms with Gasteiger partial charge in [0, 0.05) is 5.92 Å². The quantitative estimate of drug-likeness (QED) is 0.589. The number of aliphatic carboxylic acids is 1. The third-order valence-corrected chi connectivity index (χ3v) is 1.99. The van der Waals surface area contributed by atoms with E-state index in [-0.39, 0.29) is 24.7 Å². The summed E-state index contributed by atoms with van der Waals surface area (Å²) in [4.78, 5) is 10.3. The molecule has 0 spiro atoms. The Morgan fingerprint density at radius 2 is 2.25 bits per heavy atom. The predicted molar refractivity (Wildman–Crippen MR) is 46.2 cm³/mol. The molecule has 4 nitrogen and oxygen atoms in total. The molecule has 1 saturated heterocycles. The number of carboxylic acids is 1. The zero-order valence-corrected chi connectivity index (χ0v) is 7.51. The van der Waals surface area contributed by atoms with Gasteiger partial charge in [-0.05, 0) is 19.4 Å². The Hall–Kier alpha value is -0.320. The monoisotopic (exact) mass is 195 g/mol. The van der Waals surface area contributed by atoms with Gasteiger partial charge in [-0.25, -0.2) is 0 Å². The van der Waals surface area contributed by atoms with Crippen molar-refractivity contribution in [3.8, 4) is 0 Å². The van der Waals surface area contributed by atoms with Gasteiger partial charge >= 0.3 is 5.97 Å². The molecule has 1 heterocycles. The van der Waals surface area contributed by atoms with Crippen molar-refractivity contribution < 1.29 is 15.0 Å². The second-order valence-corrected chi connectivity index (χ2v) is 2.90. The molecule has 0 amide bonds. The maximum absolute atomic E-state index is 10.3. The molecule has 0 aromatic rings. The summed E-state index contributed by atoms with van der Waals surface area (Å²) in [5.41, 5.74) is 0. The molecule has 1 fully saturated rings. The number of rotatable bonds is 2. The number of piperidine rings is 1. The first-order valence-corrected chi connectivity index (χ1v) is 3.83. The second-order valence-electron chi connectivity index (χ2n) is 2.90. The van der Waals surface area contributed by atoms with Gasteiger partial charge in [0.2, 0.25) is 0 Å². The molecular formula is C7H14ClNO3. The molecule has 0 saturated carbocycles. The van der Waals surface area contributed by atoms with E-state index in [1.807, 2.05) is 0 Å². The Morgan fingerprint density at radius 1 is 1.58 bits per heavy atom. The third-order valence-electron chi connectivity index (χ3n) is 1.99. The Bertz CT molecular complexity index is 154. The number of halogens is 1. The van der Waals surface area contributed by atoms with Gasteiger partial charge in [-0.1, -0.05) is 0 Å². The first-order chi connectivity index (χ1) is 5.20. The van der Waals surface area contributed by atoms with Crippen LogP contribution in [0.25, 0.3) is 0 Å². The number of aliphatic hydroxyl groups excluding tert-OH is 1. The van der Waals surface area contributed by atoms with Gasteiger partial charge in [0.05, 0.1) is 6.42 Å². The SMILES string of the molecule is Cl.O=C(O)CC1CCCNC1O. The Labute approximate surface area is 77.4 Å². The van der Waals surface area contributed by atoms with E-state index >= 15 is 0 Å². The van der Waals surface area contributed by atoms with Crippen molar-refractivity contribution in [1.82, 2.24) is 5.32 Å². The van der Waals surface area contributed by atoms with Crippen molar-refractivity contribution >= 4 is 18.4 Å². The predicted octanol–water partition coefficient (Wildman–Crippen LogP) is 0.201. The zero-order chi connectivity index (χ0) is 8.27. The minimum Gasteiger partial charge on any atom is -0.481 e. The minimum absolute atomic E-state index is 0. The molecule has 1 aliphatic rings. The normalized spacial score (nSPS) is 29.1. The van der Waals surface area contributed by atoms with Crippen LogP contribution >= 0.6 is 12.4 Å². The molecule has 3 N–H and O–H groups in total. The first kappa shape index (κ1) is 11.7. The fraction of sp³-hybridized carbons (Fsp3) is 0.857.